The topological polar surface area (TPSA) is 86.3 Å². The van der Waals surface area contributed by atoms with Crippen molar-refractivity contribution in [3.63, 3.8) is 0 Å². The summed E-state index contributed by atoms with van der Waals surface area (Å²) < 4.78 is 31.0. The standard InChI is InChI=1S/C7H13NO4S.Li/c1-5(13(10,11)12)6(9)8-7(2,3)4;/h1H2,2-4H3,(H,8,9)(H,10,11,12);/q;+1/p-1. The van der Waals surface area contributed by atoms with Crippen molar-refractivity contribution >= 4 is 16.0 Å². The molecule has 1 amide bonds. The van der Waals surface area contributed by atoms with Crippen LogP contribution in [0.5, 0.6) is 0 Å². The molecule has 7 heteroatoms. The first kappa shape index (κ1) is 16.2. The van der Waals surface area contributed by atoms with Gasteiger partial charge in [-0.1, -0.05) is 6.58 Å². The summed E-state index contributed by atoms with van der Waals surface area (Å²) >= 11 is 0. The molecule has 0 aromatic carbocycles. The summed E-state index contributed by atoms with van der Waals surface area (Å²) in [5.74, 6) is -0.956. The van der Waals surface area contributed by atoms with Crippen molar-refractivity contribution < 1.29 is 36.6 Å². The molecular formula is C7H12LiNO4S. The smallest absolute Gasteiger partial charge is 0.744 e. The Hall–Kier alpha value is -0.283. The monoisotopic (exact) mass is 213 g/mol. The number of carbonyl (C=O) groups is 1. The maximum Gasteiger partial charge on any atom is 1.00 e. The molecule has 0 fully saturated rings. The number of carbonyl (C=O) groups excluding carboxylic acids is 1. The van der Waals surface area contributed by atoms with Crippen LogP contribution in [0.4, 0.5) is 0 Å². The van der Waals surface area contributed by atoms with E-state index in [-0.39, 0.29) is 18.9 Å². The zero-order valence-corrected chi connectivity index (χ0v) is 9.56. The summed E-state index contributed by atoms with van der Waals surface area (Å²) in [7, 11) is -4.73. The summed E-state index contributed by atoms with van der Waals surface area (Å²) in [6.07, 6.45) is 0. The third kappa shape index (κ3) is 6.21. The average Bonchev–Trinajstić information content (AvgIpc) is 1.79. The molecule has 5 nitrogen and oxygen atoms in total. The van der Waals surface area contributed by atoms with Crippen molar-refractivity contribution in [1.82, 2.24) is 5.32 Å². The van der Waals surface area contributed by atoms with Gasteiger partial charge in [-0.15, -0.1) is 0 Å². The quantitative estimate of drug-likeness (QED) is 0.300. The molecular weight excluding hydrogens is 201 g/mol. The van der Waals surface area contributed by atoms with E-state index in [1.54, 1.807) is 20.8 Å². The van der Waals surface area contributed by atoms with E-state index < -0.39 is 26.5 Å². The van der Waals surface area contributed by atoms with E-state index in [2.05, 4.69) is 11.9 Å². The Morgan fingerprint density at radius 2 is 1.71 bits per heavy atom. The molecule has 0 radical (unpaired) electrons. The second-order valence-corrected chi connectivity index (χ2v) is 4.98. The first-order valence-corrected chi connectivity index (χ1v) is 4.92. The molecule has 0 aromatic heterocycles. The van der Waals surface area contributed by atoms with Crippen molar-refractivity contribution in [1.29, 1.82) is 0 Å². The SMILES string of the molecule is C=C(C(=O)NC(C)(C)C)S(=O)(=O)[O-].[Li+]. The maximum atomic E-state index is 11.0. The molecule has 0 unspecified atom stereocenters. The van der Waals surface area contributed by atoms with Crippen molar-refractivity contribution in [2.24, 2.45) is 0 Å². The number of hydrogen-bond acceptors (Lipinski definition) is 4. The van der Waals surface area contributed by atoms with Gasteiger partial charge in [-0.05, 0) is 20.8 Å². The summed E-state index contributed by atoms with van der Waals surface area (Å²) in [6, 6.07) is 0. The van der Waals surface area contributed by atoms with Crippen LogP contribution in [0, 0.1) is 0 Å². The van der Waals surface area contributed by atoms with E-state index in [9.17, 15) is 17.8 Å². The number of amides is 1. The van der Waals surface area contributed by atoms with E-state index >= 15 is 0 Å². The minimum Gasteiger partial charge on any atom is -0.744 e. The van der Waals surface area contributed by atoms with Crippen LogP contribution in [0.1, 0.15) is 20.8 Å². The minimum atomic E-state index is -4.73. The Labute approximate surface area is 95.9 Å². The summed E-state index contributed by atoms with van der Waals surface area (Å²) in [6.45, 7) is 7.88. The van der Waals surface area contributed by atoms with Crippen molar-refractivity contribution in [2.45, 2.75) is 26.3 Å². The summed E-state index contributed by atoms with van der Waals surface area (Å²) in [5, 5.41) is 2.31. The van der Waals surface area contributed by atoms with Gasteiger partial charge < -0.3 is 9.87 Å². The van der Waals surface area contributed by atoms with E-state index in [1.807, 2.05) is 0 Å². The van der Waals surface area contributed by atoms with E-state index in [0.29, 0.717) is 0 Å². The first-order chi connectivity index (χ1) is 5.54. The zero-order valence-electron chi connectivity index (χ0n) is 8.75. The van der Waals surface area contributed by atoms with Gasteiger partial charge in [0.1, 0.15) is 15.0 Å². The van der Waals surface area contributed by atoms with Gasteiger partial charge in [0.25, 0.3) is 5.91 Å². The molecule has 14 heavy (non-hydrogen) atoms. The third-order valence-electron chi connectivity index (χ3n) is 1.04. The molecule has 0 aromatic rings. The van der Waals surface area contributed by atoms with Gasteiger partial charge in [-0.2, -0.15) is 0 Å². The number of hydrogen-bond donors (Lipinski definition) is 1. The second-order valence-electron chi connectivity index (χ2n) is 3.58. The zero-order chi connectivity index (χ0) is 10.9. The van der Waals surface area contributed by atoms with E-state index in [0.717, 1.165) is 0 Å². The predicted octanol–water partition coefficient (Wildman–Crippen LogP) is -3.04. The fraction of sp³-hybridized carbons (Fsp3) is 0.571. The Morgan fingerprint density at radius 1 is 1.36 bits per heavy atom. The van der Waals surface area contributed by atoms with Gasteiger partial charge >= 0.3 is 18.9 Å². The molecule has 0 rings (SSSR count). The van der Waals surface area contributed by atoms with Crippen molar-refractivity contribution in [2.75, 3.05) is 0 Å². The van der Waals surface area contributed by atoms with E-state index in [1.165, 1.54) is 0 Å². The van der Waals surface area contributed by atoms with E-state index in [4.69, 9.17) is 0 Å². The fourth-order valence-electron chi connectivity index (χ4n) is 0.524. The van der Waals surface area contributed by atoms with Gasteiger partial charge in [0, 0.05) is 5.54 Å². The van der Waals surface area contributed by atoms with Crippen LogP contribution in [0.25, 0.3) is 0 Å². The molecule has 0 aliphatic carbocycles. The molecule has 0 aliphatic rings. The Morgan fingerprint density at radius 3 is 1.93 bits per heavy atom. The third-order valence-corrected chi connectivity index (χ3v) is 1.83. The van der Waals surface area contributed by atoms with Crippen LogP contribution in [-0.2, 0) is 14.9 Å². The average molecular weight is 213 g/mol. The predicted molar refractivity (Wildman–Crippen MR) is 46.7 cm³/mol. The molecule has 0 atom stereocenters. The van der Waals surface area contributed by atoms with Gasteiger partial charge in [-0.25, -0.2) is 8.42 Å². The molecule has 0 spiro atoms. The number of nitrogens with one attached hydrogen (secondary N) is 1. The second kappa shape index (κ2) is 4.98. The largest absolute Gasteiger partial charge is 1.00 e. The van der Waals surface area contributed by atoms with Crippen molar-refractivity contribution in [3.05, 3.63) is 11.5 Å². The van der Waals surface area contributed by atoms with Gasteiger partial charge in [-0.3, -0.25) is 4.79 Å². The van der Waals surface area contributed by atoms with Crippen LogP contribution in [0.3, 0.4) is 0 Å². The minimum absolute atomic E-state index is 0. The van der Waals surface area contributed by atoms with Gasteiger partial charge in [0.15, 0.2) is 0 Å². The van der Waals surface area contributed by atoms with Gasteiger partial charge in [0.2, 0.25) is 0 Å². The van der Waals surface area contributed by atoms with Crippen LogP contribution in [0.2, 0.25) is 0 Å². The molecule has 0 heterocycles. The van der Waals surface area contributed by atoms with Crippen LogP contribution in [0.15, 0.2) is 11.5 Å². The maximum absolute atomic E-state index is 11.0. The van der Waals surface area contributed by atoms with Crippen LogP contribution < -0.4 is 24.2 Å². The summed E-state index contributed by atoms with van der Waals surface area (Å²) in [5.41, 5.74) is -0.593. The van der Waals surface area contributed by atoms with Gasteiger partial charge in [0.05, 0.1) is 0 Å². The first-order valence-electron chi connectivity index (χ1n) is 3.51. The Bertz CT molecular complexity index is 328. The molecule has 1 N–H and O–H groups in total. The molecule has 0 aliphatic heterocycles. The Kier molecular flexibility index (Phi) is 5.75. The van der Waals surface area contributed by atoms with Crippen molar-refractivity contribution in [3.8, 4) is 0 Å². The molecule has 76 valence electrons. The molecule has 0 saturated heterocycles. The Balaban J connectivity index is 0. The summed E-state index contributed by atoms with van der Waals surface area (Å²) in [4.78, 5) is 10.1. The molecule has 0 saturated carbocycles. The van der Waals surface area contributed by atoms with Crippen LogP contribution in [-0.4, -0.2) is 24.4 Å². The molecule has 0 bridgehead atoms. The van der Waals surface area contributed by atoms with Crippen LogP contribution >= 0.6 is 0 Å². The normalized spacial score (nSPS) is 11.4. The fourth-order valence-corrected chi connectivity index (χ4v) is 0.802. The number of rotatable bonds is 2.